The molecule has 0 saturated carbocycles. The van der Waals surface area contributed by atoms with Crippen LogP contribution in [0.4, 0.5) is 0 Å². The fourth-order valence-corrected chi connectivity index (χ4v) is 8.71. The molecule has 6 radical (unpaired) electrons. The van der Waals surface area contributed by atoms with Crippen LogP contribution in [0.2, 0.25) is 10.5 Å². The van der Waals surface area contributed by atoms with Crippen molar-refractivity contribution in [1.82, 2.24) is 0 Å². The Morgan fingerprint density at radius 1 is 1.19 bits per heavy atom. The standard InChI is InChI=1S/C13H16Ge3/c1-11(8-14)12(2)9-15-10-16-13-6-4-3-5-7-13/h3-7,10H,8-9H2,1-2H3/b12-11-,16-10?. The maximum atomic E-state index is 2.64. The van der Waals surface area contributed by atoms with E-state index >= 15 is 0 Å². The Kier molecular flexibility index (Phi) is 7.75. The van der Waals surface area contributed by atoms with Crippen molar-refractivity contribution < 1.29 is 0 Å². The van der Waals surface area contributed by atoms with E-state index in [0.29, 0.717) is 0 Å². The second-order valence-corrected chi connectivity index (χ2v) is 11.7. The van der Waals surface area contributed by atoms with E-state index in [1.54, 1.807) is 15.5 Å². The summed E-state index contributed by atoms with van der Waals surface area (Å²) in [7, 11) is 0. The first-order valence-electron chi connectivity index (χ1n) is 5.40. The molecule has 0 N–H and O–H groups in total. The number of hydrogen-bond acceptors (Lipinski definition) is 0. The van der Waals surface area contributed by atoms with Gasteiger partial charge in [0.15, 0.2) is 0 Å². The number of rotatable bonds is 5. The van der Waals surface area contributed by atoms with Crippen LogP contribution < -0.4 is 4.40 Å². The summed E-state index contributed by atoms with van der Waals surface area (Å²) in [6.07, 6.45) is 0. The van der Waals surface area contributed by atoms with Gasteiger partial charge in [-0.3, -0.25) is 0 Å². The summed E-state index contributed by atoms with van der Waals surface area (Å²) in [6.45, 7) is 4.58. The van der Waals surface area contributed by atoms with Crippen molar-refractivity contribution in [2.75, 3.05) is 0 Å². The molecule has 0 heterocycles. The first kappa shape index (κ1) is 14.5. The third-order valence-electron chi connectivity index (χ3n) is 2.48. The minimum atomic E-state index is 0.0457. The molecule has 0 aliphatic rings. The van der Waals surface area contributed by atoms with Crippen LogP contribution in [-0.4, -0.2) is 50.6 Å². The Morgan fingerprint density at radius 3 is 2.50 bits per heavy atom. The van der Waals surface area contributed by atoms with Crippen molar-refractivity contribution in [3.05, 3.63) is 41.5 Å². The van der Waals surface area contributed by atoms with Crippen LogP contribution in [0.25, 0.3) is 0 Å². The van der Waals surface area contributed by atoms with E-state index in [0.717, 1.165) is 0 Å². The summed E-state index contributed by atoms with van der Waals surface area (Å²) in [4.78, 5) is 0. The molecule has 0 amide bonds. The SMILES string of the molecule is C/C([CH2][Ge])=C(\C)[CH2][Ge][CH]=[Ge][c]1ccccc1. The molecule has 0 aliphatic carbocycles. The third-order valence-corrected chi connectivity index (χ3v) is 11.1. The van der Waals surface area contributed by atoms with Crippen LogP contribution in [0.5, 0.6) is 0 Å². The van der Waals surface area contributed by atoms with Gasteiger partial charge in [0.1, 0.15) is 0 Å². The first-order chi connectivity index (χ1) is 7.74. The molecule has 0 aromatic heterocycles. The molecule has 1 aromatic carbocycles. The third kappa shape index (κ3) is 5.69. The van der Waals surface area contributed by atoms with Crippen molar-refractivity contribution in [1.29, 1.82) is 0 Å². The van der Waals surface area contributed by atoms with Gasteiger partial charge >= 0.3 is 121 Å². The maximum absolute atomic E-state index is 2.64. The van der Waals surface area contributed by atoms with Gasteiger partial charge in [0.25, 0.3) is 0 Å². The molecule has 80 valence electrons. The zero-order valence-electron chi connectivity index (χ0n) is 9.88. The predicted molar refractivity (Wildman–Crippen MR) is 77.4 cm³/mol. The minimum absolute atomic E-state index is 0.0457. The van der Waals surface area contributed by atoms with E-state index in [1.165, 1.54) is 10.5 Å². The molecular weight excluding hydrogens is 374 g/mol. The van der Waals surface area contributed by atoms with Gasteiger partial charge in [0, 0.05) is 0 Å². The van der Waals surface area contributed by atoms with Crippen LogP contribution in [0.1, 0.15) is 13.8 Å². The van der Waals surface area contributed by atoms with Gasteiger partial charge in [-0.25, -0.2) is 0 Å². The monoisotopic (exact) mass is 394 g/mol. The molecule has 0 atom stereocenters. The molecule has 0 saturated heterocycles. The predicted octanol–water partition coefficient (Wildman–Crippen LogP) is 1.82. The van der Waals surface area contributed by atoms with E-state index in [1.807, 2.05) is 0 Å². The van der Waals surface area contributed by atoms with Crippen molar-refractivity contribution in [3.8, 4) is 0 Å². The summed E-state index contributed by atoms with van der Waals surface area (Å²) >= 11 is 2.46. The van der Waals surface area contributed by atoms with E-state index in [9.17, 15) is 0 Å². The van der Waals surface area contributed by atoms with Crippen LogP contribution in [0, 0.1) is 0 Å². The fourth-order valence-electron chi connectivity index (χ4n) is 1.17. The molecule has 3 heteroatoms. The Morgan fingerprint density at radius 2 is 1.88 bits per heavy atom. The Labute approximate surface area is 120 Å². The zero-order chi connectivity index (χ0) is 11.8. The topological polar surface area (TPSA) is 0 Å². The van der Waals surface area contributed by atoms with E-state index in [4.69, 9.17) is 0 Å². The Balaban J connectivity index is 2.39. The van der Waals surface area contributed by atoms with E-state index in [-0.39, 0.29) is 30.4 Å². The molecule has 0 fully saturated rings. The molecule has 1 rings (SSSR count). The zero-order valence-corrected chi connectivity index (χ0v) is 16.2. The summed E-state index contributed by atoms with van der Waals surface area (Å²) in [6, 6.07) is 10.9. The molecule has 0 spiro atoms. The van der Waals surface area contributed by atoms with Crippen molar-refractivity contribution in [3.63, 3.8) is 0 Å². The average molecular weight is 390 g/mol. The van der Waals surface area contributed by atoms with Gasteiger partial charge in [0.2, 0.25) is 0 Å². The van der Waals surface area contributed by atoms with Crippen molar-refractivity contribution >= 4 is 55.0 Å². The first-order valence-corrected chi connectivity index (χ1v) is 11.8. The Bertz CT molecular complexity index is 366. The van der Waals surface area contributed by atoms with Crippen LogP contribution in [-0.2, 0) is 0 Å². The number of hydrogen-bond donors (Lipinski definition) is 0. The van der Waals surface area contributed by atoms with Gasteiger partial charge in [-0.15, -0.1) is 0 Å². The van der Waals surface area contributed by atoms with Crippen LogP contribution >= 0.6 is 0 Å². The van der Waals surface area contributed by atoms with E-state index in [2.05, 4.69) is 64.4 Å². The number of allylic oxidation sites excluding steroid dienone is 2. The van der Waals surface area contributed by atoms with Crippen molar-refractivity contribution in [2.45, 2.75) is 24.4 Å². The molecule has 0 aliphatic heterocycles. The molecule has 0 bridgehead atoms. The summed E-state index contributed by atoms with van der Waals surface area (Å²) in [5, 5.41) is 2.59. The normalized spacial score (nSPS) is 12.9. The molecule has 16 heavy (non-hydrogen) atoms. The Hall–Kier alpha value is 0.459. The number of benzene rings is 1. The van der Waals surface area contributed by atoms with Gasteiger partial charge < -0.3 is 0 Å². The fraction of sp³-hybridized carbons (Fsp3) is 0.308. The molecular formula is C13H16Ge3. The quantitative estimate of drug-likeness (QED) is 0.532. The summed E-state index contributed by atoms with van der Waals surface area (Å²) in [5.74, 6) is 0. The van der Waals surface area contributed by atoms with Crippen LogP contribution in [0.3, 0.4) is 0 Å². The van der Waals surface area contributed by atoms with Gasteiger partial charge in [-0.1, -0.05) is 0 Å². The molecule has 0 unspecified atom stereocenters. The second-order valence-electron chi connectivity index (χ2n) is 3.77. The van der Waals surface area contributed by atoms with Gasteiger partial charge in [-0.2, -0.15) is 0 Å². The van der Waals surface area contributed by atoms with E-state index < -0.39 is 0 Å². The van der Waals surface area contributed by atoms with Gasteiger partial charge in [-0.05, 0) is 0 Å². The van der Waals surface area contributed by atoms with Crippen molar-refractivity contribution in [2.24, 2.45) is 0 Å². The van der Waals surface area contributed by atoms with Gasteiger partial charge in [0.05, 0.1) is 0 Å². The summed E-state index contributed by atoms with van der Waals surface area (Å²) < 4.78 is 4.21. The summed E-state index contributed by atoms with van der Waals surface area (Å²) in [5.41, 5.74) is 3.23. The average Bonchev–Trinajstić information content (AvgIpc) is 2.34. The van der Waals surface area contributed by atoms with Crippen LogP contribution in [0.15, 0.2) is 41.5 Å². The second kappa shape index (κ2) is 8.53. The molecule has 0 nitrogen and oxygen atoms in total. The molecule has 1 aromatic rings.